The lowest BCUT2D eigenvalue weighted by Crippen LogP contribution is -2.58. The molecule has 4 rings (SSSR count). The number of anilines is 2. The number of carbonyl (C=O) groups excluding carboxylic acids is 3. The molecule has 1 aliphatic rings. The predicted octanol–water partition coefficient (Wildman–Crippen LogP) is 6.57. The number of halogens is 3. The van der Waals surface area contributed by atoms with Crippen LogP contribution in [0.4, 0.5) is 21.0 Å². The molecule has 0 spiro atoms. The van der Waals surface area contributed by atoms with Crippen LogP contribution in [-0.2, 0) is 4.79 Å². The Kier molecular flexibility index (Phi) is 9.23. The molecular formula is C28H27BrCl2N6O4. The van der Waals surface area contributed by atoms with E-state index in [-0.39, 0.29) is 0 Å². The van der Waals surface area contributed by atoms with Gasteiger partial charge in [0.25, 0.3) is 5.91 Å². The normalized spacial score (nSPS) is 16.5. The lowest BCUT2D eigenvalue weighted by Gasteiger charge is -2.38. The zero-order valence-corrected chi connectivity index (χ0v) is 25.4. The van der Waals surface area contributed by atoms with Crippen LogP contribution < -0.4 is 15.6 Å². The lowest BCUT2D eigenvalue weighted by molar-refractivity contribution is -0.124. The number of carbonyl (C=O) groups is 3. The van der Waals surface area contributed by atoms with Crippen molar-refractivity contribution < 1.29 is 19.6 Å². The summed E-state index contributed by atoms with van der Waals surface area (Å²) in [6.45, 7) is 4.62. The average Bonchev–Trinajstić information content (AvgIpc) is 3.11. The number of benzene rings is 3. The SMILES string of the molecule is C/C(=N\NC(=O)CN1C(=O)N(c2cccc(Cl)c2)[C@@H](N(O)C(=O)Nc2cccc(Cl)c2)C1(C)C)c1ccc(Br)cc1. The molecule has 1 fully saturated rings. The zero-order valence-electron chi connectivity index (χ0n) is 22.3. The molecule has 5 amide bonds. The standard InChI is InChI=1S/C28H27BrCl2N6O4/c1-17(18-10-12-19(29)13-11-18)33-34-24(38)16-35-27(40)36(23-9-5-7-21(31)15-23)25(28(35,2)3)37(41)26(39)32-22-8-4-6-20(30)14-22/h4-15,25,41H,16H2,1-3H3,(H,32,39)(H,34,38)/b33-17+/t25-/m0/s1. The highest BCUT2D eigenvalue weighted by Gasteiger charge is 2.56. The summed E-state index contributed by atoms with van der Waals surface area (Å²) < 4.78 is 0.908. The highest BCUT2D eigenvalue weighted by atomic mass is 79.9. The summed E-state index contributed by atoms with van der Waals surface area (Å²) in [6.07, 6.45) is -1.26. The van der Waals surface area contributed by atoms with Crippen molar-refractivity contribution in [3.8, 4) is 0 Å². The molecular weight excluding hydrogens is 635 g/mol. The fraction of sp³-hybridized carbons (Fsp3) is 0.214. The molecule has 1 heterocycles. The zero-order chi connectivity index (χ0) is 29.9. The van der Waals surface area contributed by atoms with Crippen LogP contribution in [0.2, 0.25) is 10.0 Å². The smallest absolute Gasteiger partial charge is 0.306 e. The number of amides is 5. The first kappa shape index (κ1) is 30.3. The van der Waals surface area contributed by atoms with Crippen molar-refractivity contribution in [3.05, 3.63) is 92.9 Å². The number of hydrogen-bond acceptors (Lipinski definition) is 5. The number of nitrogens with one attached hydrogen (secondary N) is 2. The third-order valence-electron chi connectivity index (χ3n) is 6.52. The second kappa shape index (κ2) is 12.5. The number of hydrazone groups is 1. The first-order chi connectivity index (χ1) is 19.4. The molecule has 1 atom stereocenters. The summed E-state index contributed by atoms with van der Waals surface area (Å²) in [6, 6.07) is 18.7. The minimum Gasteiger partial charge on any atom is -0.306 e. The van der Waals surface area contributed by atoms with E-state index in [4.69, 9.17) is 23.2 Å². The lowest BCUT2D eigenvalue weighted by atomic mass is 9.99. The first-order valence-corrected chi connectivity index (χ1v) is 13.9. The van der Waals surface area contributed by atoms with E-state index in [2.05, 4.69) is 31.8 Å². The van der Waals surface area contributed by atoms with Crippen molar-refractivity contribution in [3.63, 3.8) is 0 Å². The highest BCUT2D eigenvalue weighted by molar-refractivity contribution is 9.10. The number of urea groups is 2. The average molecular weight is 662 g/mol. The summed E-state index contributed by atoms with van der Waals surface area (Å²) in [7, 11) is 0. The van der Waals surface area contributed by atoms with Gasteiger partial charge in [0, 0.05) is 25.9 Å². The molecule has 13 heteroatoms. The van der Waals surface area contributed by atoms with Crippen LogP contribution in [0.1, 0.15) is 26.3 Å². The van der Waals surface area contributed by atoms with Gasteiger partial charge in [0.15, 0.2) is 6.17 Å². The number of hydrogen-bond donors (Lipinski definition) is 3. The quantitative estimate of drug-likeness (QED) is 0.151. The van der Waals surface area contributed by atoms with Crippen molar-refractivity contribution in [2.24, 2.45) is 5.10 Å². The molecule has 0 unspecified atom stereocenters. The molecule has 214 valence electrons. The maximum Gasteiger partial charge on any atom is 0.347 e. The van der Waals surface area contributed by atoms with E-state index < -0.39 is 36.2 Å². The van der Waals surface area contributed by atoms with Gasteiger partial charge in [-0.3, -0.25) is 14.9 Å². The topological polar surface area (TPSA) is 118 Å². The molecule has 0 aliphatic carbocycles. The largest absolute Gasteiger partial charge is 0.347 e. The monoisotopic (exact) mass is 660 g/mol. The Morgan fingerprint density at radius 1 is 1.05 bits per heavy atom. The Bertz CT molecular complexity index is 1500. The van der Waals surface area contributed by atoms with Gasteiger partial charge >= 0.3 is 12.1 Å². The van der Waals surface area contributed by atoms with Crippen LogP contribution in [0.5, 0.6) is 0 Å². The maximum atomic E-state index is 13.8. The predicted molar refractivity (Wildman–Crippen MR) is 162 cm³/mol. The molecule has 10 nitrogen and oxygen atoms in total. The van der Waals surface area contributed by atoms with Gasteiger partial charge in [-0.1, -0.05) is 63.4 Å². The van der Waals surface area contributed by atoms with E-state index in [9.17, 15) is 19.6 Å². The van der Waals surface area contributed by atoms with Gasteiger partial charge in [-0.15, -0.1) is 0 Å². The minimum absolute atomic E-state index is 0.321. The van der Waals surface area contributed by atoms with Gasteiger partial charge in [0.2, 0.25) is 0 Å². The molecule has 0 saturated carbocycles. The Morgan fingerprint density at radius 2 is 1.68 bits per heavy atom. The molecule has 3 N–H and O–H groups in total. The third kappa shape index (κ3) is 6.82. The van der Waals surface area contributed by atoms with Crippen LogP contribution in [0, 0.1) is 0 Å². The summed E-state index contributed by atoms with van der Waals surface area (Å²) >= 11 is 15.6. The first-order valence-electron chi connectivity index (χ1n) is 12.4. The van der Waals surface area contributed by atoms with Gasteiger partial charge in [-0.25, -0.2) is 15.0 Å². The summed E-state index contributed by atoms with van der Waals surface area (Å²) in [5.41, 5.74) is 3.26. The van der Waals surface area contributed by atoms with Gasteiger partial charge < -0.3 is 10.2 Å². The number of nitrogens with zero attached hydrogens (tertiary/aromatic N) is 4. The van der Waals surface area contributed by atoms with Crippen LogP contribution >= 0.6 is 39.1 Å². The fourth-order valence-corrected chi connectivity index (χ4v) is 5.07. The number of hydroxylamine groups is 2. The van der Waals surface area contributed by atoms with Crippen molar-refractivity contribution >= 4 is 74.2 Å². The van der Waals surface area contributed by atoms with E-state index >= 15 is 0 Å². The fourth-order valence-electron chi connectivity index (χ4n) is 4.43. The second-order valence-electron chi connectivity index (χ2n) is 9.77. The van der Waals surface area contributed by atoms with Crippen LogP contribution in [0.3, 0.4) is 0 Å². The Balaban J connectivity index is 1.60. The van der Waals surface area contributed by atoms with Crippen molar-refractivity contribution in [1.82, 2.24) is 15.4 Å². The van der Waals surface area contributed by atoms with E-state index in [0.29, 0.717) is 32.2 Å². The third-order valence-corrected chi connectivity index (χ3v) is 7.52. The molecule has 0 radical (unpaired) electrons. The van der Waals surface area contributed by atoms with Crippen LogP contribution in [-0.4, -0.2) is 57.1 Å². The van der Waals surface area contributed by atoms with Crippen molar-refractivity contribution in [1.29, 1.82) is 0 Å². The Morgan fingerprint density at radius 3 is 2.32 bits per heavy atom. The summed E-state index contributed by atoms with van der Waals surface area (Å²) in [4.78, 5) is 42.4. The highest BCUT2D eigenvalue weighted by Crippen LogP contribution is 2.38. The summed E-state index contributed by atoms with van der Waals surface area (Å²) in [5.74, 6) is -0.567. The van der Waals surface area contributed by atoms with Gasteiger partial charge in [0.1, 0.15) is 6.54 Å². The van der Waals surface area contributed by atoms with Crippen molar-refractivity contribution in [2.45, 2.75) is 32.5 Å². The molecule has 3 aromatic rings. The van der Waals surface area contributed by atoms with E-state index in [0.717, 1.165) is 10.0 Å². The van der Waals surface area contributed by atoms with Gasteiger partial charge in [0.05, 0.1) is 11.3 Å². The van der Waals surface area contributed by atoms with E-state index in [1.807, 2.05) is 24.3 Å². The second-order valence-corrected chi connectivity index (χ2v) is 11.6. The minimum atomic E-state index is -1.26. The molecule has 1 saturated heterocycles. The van der Waals surface area contributed by atoms with Crippen LogP contribution in [0.15, 0.2) is 82.4 Å². The van der Waals surface area contributed by atoms with Crippen LogP contribution in [0.25, 0.3) is 0 Å². The van der Waals surface area contributed by atoms with Crippen molar-refractivity contribution in [2.75, 3.05) is 16.8 Å². The molecule has 0 aromatic heterocycles. The number of rotatable bonds is 7. The Labute approximate surface area is 255 Å². The van der Waals surface area contributed by atoms with Gasteiger partial charge in [-0.2, -0.15) is 10.2 Å². The molecule has 41 heavy (non-hydrogen) atoms. The van der Waals surface area contributed by atoms with E-state index in [1.54, 1.807) is 57.2 Å². The molecule has 1 aliphatic heterocycles. The molecule has 0 bridgehead atoms. The Hall–Kier alpha value is -3.64. The van der Waals surface area contributed by atoms with Gasteiger partial charge in [-0.05, 0) is 74.9 Å². The summed E-state index contributed by atoms with van der Waals surface area (Å²) in [5, 5.41) is 19.1. The molecule has 3 aromatic carbocycles. The van der Waals surface area contributed by atoms with E-state index in [1.165, 1.54) is 21.9 Å². The maximum absolute atomic E-state index is 13.8.